The van der Waals surface area contributed by atoms with Crippen molar-refractivity contribution in [2.75, 3.05) is 11.9 Å². The Morgan fingerprint density at radius 1 is 0.900 bits per heavy atom. The van der Waals surface area contributed by atoms with E-state index in [2.05, 4.69) is 5.32 Å². The second kappa shape index (κ2) is 12.5. The van der Waals surface area contributed by atoms with Gasteiger partial charge in [-0.05, 0) is 90.3 Å². The topological polar surface area (TPSA) is 71.0 Å². The van der Waals surface area contributed by atoms with Crippen LogP contribution in [0.15, 0.2) is 113 Å². The van der Waals surface area contributed by atoms with Gasteiger partial charge in [-0.25, -0.2) is 4.99 Å². The molecule has 1 fully saturated rings. The molecule has 0 bridgehead atoms. The highest BCUT2D eigenvalue weighted by molar-refractivity contribution is 8.18. The Bertz CT molecular complexity index is 1580. The first-order valence-electron chi connectivity index (χ1n) is 12.9. The molecule has 1 aliphatic rings. The number of hydrogen-bond donors (Lipinski definition) is 1. The van der Waals surface area contributed by atoms with Gasteiger partial charge in [0, 0.05) is 5.69 Å². The number of anilines is 1. The van der Waals surface area contributed by atoms with Crippen LogP contribution >= 0.6 is 11.8 Å². The minimum absolute atomic E-state index is 0.109. The molecule has 200 valence electrons. The summed E-state index contributed by atoms with van der Waals surface area (Å²) in [5.41, 5.74) is 5.61. The molecule has 40 heavy (non-hydrogen) atoms. The molecule has 4 aromatic rings. The molecule has 2 amide bonds. The number of carbonyl (C=O) groups excluding carboxylic acids is 2. The molecule has 5 rings (SSSR count). The Morgan fingerprint density at radius 2 is 1.65 bits per heavy atom. The van der Waals surface area contributed by atoms with Gasteiger partial charge in [-0.1, -0.05) is 66.7 Å². The lowest BCUT2D eigenvalue weighted by molar-refractivity contribution is -0.122. The van der Waals surface area contributed by atoms with E-state index in [0.29, 0.717) is 22.4 Å². The SMILES string of the molecule is Cc1ccc(NC(=O)COc2cccc(/C=C3\SC(=Nc4ccccc4)N(Cc4ccccc4)C3=O)c2)cc1C. The molecular formula is C33H29N3O3S. The maximum absolute atomic E-state index is 13.5. The molecular weight excluding hydrogens is 518 g/mol. The van der Waals surface area contributed by atoms with Crippen molar-refractivity contribution in [3.63, 3.8) is 0 Å². The standard InChI is InChI=1S/C33H29N3O3S/c1-23-16-17-28(18-24(23)2)34-31(37)22-39-29-15-9-12-26(19-29)20-30-32(38)36(21-25-10-5-3-6-11-25)33(40-30)35-27-13-7-4-8-14-27/h3-20H,21-22H2,1-2H3,(H,34,37)/b30-20-,35-33?. The highest BCUT2D eigenvalue weighted by atomic mass is 32.2. The van der Waals surface area contributed by atoms with Gasteiger partial charge in [0.05, 0.1) is 17.1 Å². The number of rotatable bonds is 8. The summed E-state index contributed by atoms with van der Waals surface area (Å²) in [6.07, 6.45) is 1.83. The molecule has 0 radical (unpaired) electrons. The fourth-order valence-corrected chi connectivity index (χ4v) is 5.12. The molecule has 4 aromatic carbocycles. The second-order valence-corrected chi connectivity index (χ2v) is 10.4. The number of nitrogens with zero attached hydrogens (tertiary/aromatic N) is 2. The fraction of sp³-hybridized carbons (Fsp3) is 0.121. The van der Waals surface area contributed by atoms with Gasteiger partial charge >= 0.3 is 0 Å². The van der Waals surface area contributed by atoms with E-state index in [9.17, 15) is 9.59 Å². The summed E-state index contributed by atoms with van der Waals surface area (Å²) in [5.74, 6) is 0.189. The van der Waals surface area contributed by atoms with Gasteiger partial charge in [0.15, 0.2) is 11.8 Å². The van der Waals surface area contributed by atoms with E-state index in [1.54, 1.807) is 11.0 Å². The van der Waals surface area contributed by atoms with Crippen LogP contribution in [0.1, 0.15) is 22.3 Å². The van der Waals surface area contributed by atoms with Gasteiger partial charge < -0.3 is 10.1 Å². The molecule has 0 aliphatic carbocycles. The molecule has 0 unspecified atom stereocenters. The number of benzene rings is 4. The number of thioether (sulfide) groups is 1. The number of nitrogens with one attached hydrogen (secondary N) is 1. The van der Waals surface area contributed by atoms with Crippen LogP contribution in [0.2, 0.25) is 0 Å². The summed E-state index contributed by atoms with van der Waals surface area (Å²) < 4.78 is 5.76. The zero-order valence-electron chi connectivity index (χ0n) is 22.3. The zero-order chi connectivity index (χ0) is 27.9. The van der Waals surface area contributed by atoms with Gasteiger partial charge in [0.25, 0.3) is 11.8 Å². The average Bonchev–Trinajstić information content (AvgIpc) is 3.24. The van der Waals surface area contributed by atoms with Crippen molar-refractivity contribution in [1.29, 1.82) is 0 Å². The van der Waals surface area contributed by atoms with Crippen molar-refractivity contribution >= 4 is 46.2 Å². The van der Waals surface area contributed by atoms with Crippen LogP contribution in [0.25, 0.3) is 6.08 Å². The first-order valence-corrected chi connectivity index (χ1v) is 13.8. The number of hydrogen-bond acceptors (Lipinski definition) is 5. The third kappa shape index (κ3) is 6.87. The number of amidine groups is 1. The molecule has 0 aromatic heterocycles. The van der Waals surface area contributed by atoms with Gasteiger partial charge in [0.1, 0.15) is 5.75 Å². The Hall–Kier alpha value is -4.62. The molecule has 0 saturated carbocycles. The van der Waals surface area contributed by atoms with Crippen molar-refractivity contribution < 1.29 is 14.3 Å². The predicted octanol–water partition coefficient (Wildman–Crippen LogP) is 7.13. The Kier molecular flexibility index (Phi) is 8.42. The van der Waals surface area contributed by atoms with E-state index >= 15 is 0 Å². The minimum Gasteiger partial charge on any atom is -0.484 e. The van der Waals surface area contributed by atoms with Crippen LogP contribution < -0.4 is 10.1 Å². The number of aliphatic imine (C=N–C) groups is 1. The summed E-state index contributed by atoms with van der Waals surface area (Å²) in [7, 11) is 0. The number of amides is 2. The minimum atomic E-state index is -0.244. The molecule has 1 aliphatic heterocycles. The van der Waals surface area contributed by atoms with Crippen LogP contribution in [0, 0.1) is 13.8 Å². The summed E-state index contributed by atoms with van der Waals surface area (Å²) in [4.78, 5) is 33.0. The van der Waals surface area contributed by atoms with Crippen molar-refractivity contribution in [3.8, 4) is 5.75 Å². The van der Waals surface area contributed by atoms with Crippen molar-refractivity contribution in [2.45, 2.75) is 20.4 Å². The molecule has 1 saturated heterocycles. The largest absolute Gasteiger partial charge is 0.484 e. The summed E-state index contributed by atoms with van der Waals surface area (Å²) in [6, 6.07) is 32.6. The van der Waals surface area contributed by atoms with Gasteiger partial charge in [-0.15, -0.1) is 0 Å². The van der Waals surface area contributed by atoms with E-state index in [4.69, 9.17) is 9.73 Å². The maximum atomic E-state index is 13.5. The van der Waals surface area contributed by atoms with Gasteiger partial charge in [-0.3, -0.25) is 14.5 Å². The van der Waals surface area contributed by atoms with Crippen LogP contribution in [0.4, 0.5) is 11.4 Å². The van der Waals surface area contributed by atoms with E-state index < -0.39 is 0 Å². The monoisotopic (exact) mass is 547 g/mol. The van der Waals surface area contributed by atoms with E-state index in [0.717, 1.165) is 28.1 Å². The number of aryl methyl sites for hydroxylation is 2. The first-order chi connectivity index (χ1) is 19.4. The van der Waals surface area contributed by atoms with Crippen LogP contribution in [0.3, 0.4) is 0 Å². The third-order valence-corrected chi connectivity index (χ3v) is 7.38. The lowest BCUT2D eigenvalue weighted by Gasteiger charge is -2.15. The first kappa shape index (κ1) is 27.0. The van der Waals surface area contributed by atoms with Gasteiger partial charge in [-0.2, -0.15) is 0 Å². The molecule has 6 nitrogen and oxygen atoms in total. The van der Waals surface area contributed by atoms with E-state index in [1.807, 2.05) is 117 Å². The number of carbonyl (C=O) groups is 2. The van der Waals surface area contributed by atoms with Crippen molar-refractivity contribution in [3.05, 3.63) is 130 Å². The summed E-state index contributed by atoms with van der Waals surface area (Å²) >= 11 is 1.35. The zero-order valence-corrected chi connectivity index (χ0v) is 23.2. The molecule has 1 N–H and O–H groups in total. The number of ether oxygens (including phenoxy) is 1. The normalized spacial score (nSPS) is 15.1. The highest BCUT2D eigenvalue weighted by Crippen LogP contribution is 2.35. The predicted molar refractivity (Wildman–Crippen MR) is 163 cm³/mol. The Labute approximate surface area is 238 Å². The van der Waals surface area contributed by atoms with Crippen LogP contribution in [0.5, 0.6) is 5.75 Å². The quantitative estimate of drug-likeness (QED) is 0.238. The fourth-order valence-electron chi connectivity index (χ4n) is 4.12. The lowest BCUT2D eigenvalue weighted by atomic mass is 10.1. The Morgan fingerprint density at radius 3 is 2.40 bits per heavy atom. The van der Waals surface area contributed by atoms with Gasteiger partial charge in [0.2, 0.25) is 0 Å². The smallest absolute Gasteiger partial charge is 0.267 e. The Balaban J connectivity index is 1.31. The summed E-state index contributed by atoms with van der Waals surface area (Å²) in [6.45, 7) is 4.34. The maximum Gasteiger partial charge on any atom is 0.267 e. The van der Waals surface area contributed by atoms with Crippen LogP contribution in [-0.2, 0) is 16.1 Å². The third-order valence-electron chi connectivity index (χ3n) is 6.37. The number of para-hydroxylation sites is 1. The molecule has 0 spiro atoms. The highest BCUT2D eigenvalue weighted by Gasteiger charge is 2.33. The van der Waals surface area contributed by atoms with Crippen molar-refractivity contribution in [2.24, 2.45) is 4.99 Å². The van der Waals surface area contributed by atoms with Crippen LogP contribution in [-0.4, -0.2) is 28.5 Å². The van der Waals surface area contributed by atoms with Crippen molar-refractivity contribution in [1.82, 2.24) is 4.90 Å². The molecule has 7 heteroatoms. The second-order valence-electron chi connectivity index (χ2n) is 9.43. The summed E-state index contributed by atoms with van der Waals surface area (Å²) in [5, 5.41) is 3.49. The molecule has 0 atom stereocenters. The molecule has 1 heterocycles. The van der Waals surface area contributed by atoms with E-state index in [-0.39, 0.29) is 18.4 Å². The lowest BCUT2D eigenvalue weighted by Crippen LogP contribution is -2.28. The van der Waals surface area contributed by atoms with E-state index in [1.165, 1.54) is 17.3 Å². The average molecular weight is 548 g/mol.